The normalized spacial score (nSPS) is 17.3. The monoisotopic (exact) mass is 1280 g/mol. The minimum absolute atomic E-state index is 0.00987. The van der Waals surface area contributed by atoms with Gasteiger partial charge in [0.15, 0.2) is 6.29 Å². The van der Waals surface area contributed by atoms with E-state index in [1.807, 2.05) is 152 Å². The molecule has 94 heavy (non-hydrogen) atoms. The Balaban J connectivity index is 1.07. The molecule has 1 heterocycles. The standard InChI is InChI=1S/C82H106N2O10/c1-2-3-4-5-6-7-8-9-10-11-14-38-55-74(88-59-67-43-26-18-27-44-67)77(89-60-68-45-28-19-29-46-68)73(84-76(85)56-39-15-12-13-16-40-57-83-81(86)72-53-36-23-37-54-72)64-93-82-80(92-63-71-51-34-22-35-52-71)79(91-62-70-49-32-21-33-50-70)78(90-61-69-47-30-20-31-48-69)75(94-82)65-87-58-66-41-24-17-25-42-66/h17-37,41-54,73-75,77-80,82H,2-16,38-40,55-65H2,1H3,(H,83,86)(H,84,85)/t73-,74+,75+,77-,78-,79-,80+,82-/m0/s1. The smallest absolute Gasteiger partial charge is 0.251 e. The quantitative estimate of drug-likeness (QED) is 0.0355. The van der Waals surface area contributed by atoms with E-state index >= 15 is 0 Å². The van der Waals surface area contributed by atoms with Gasteiger partial charge >= 0.3 is 0 Å². The molecule has 2 amide bonds. The maximum atomic E-state index is 14.8. The van der Waals surface area contributed by atoms with Gasteiger partial charge in [-0.3, -0.25) is 9.59 Å². The molecule has 1 saturated heterocycles. The van der Waals surface area contributed by atoms with Gasteiger partial charge in [-0.05, 0) is 64.8 Å². The predicted octanol–water partition coefficient (Wildman–Crippen LogP) is 17.6. The molecule has 12 heteroatoms. The van der Waals surface area contributed by atoms with E-state index < -0.39 is 49.0 Å². The maximum Gasteiger partial charge on any atom is 0.251 e. The first-order valence-corrected chi connectivity index (χ1v) is 35.3. The third-order valence-corrected chi connectivity index (χ3v) is 17.5. The molecular formula is C82H106N2O10. The summed E-state index contributed by atoms with van der Waals surface area (Å²) in [6.07, 6.45) is 16.3. The molecule has 1 aliphatic heterocycles. The van der Waals surface area contributed by atoms with Crippen molar-refractivity contribution < 1.29 is 47.5 Å². The molecule has 0 unspecified atom stereocenters. The van der Waals surface area contributed by atoms with Crippen molar-refractivity contribution in [3.05, 3.63) is 251 Å². The first kappa shape index (κ1) is 73.0. The molecule has 1 aliphatic rings. The molecule has 7 aromatic rings. The Kier molecular flexibility index (Phi) is 34.7. The topological polar surface area (TPSA) is 132 Å². The van der Waals surface area contributed by atoms with Crippen LogP contribution in [-0.2, 0) is 82.3 Å². The number of carbonyl (C=O) groups excluding carboxylic acids is 2. The zero-order valence-corrected chi connectivity index (χ0v) is 55.9. The van der Waals surface area contributed by atoms with Crippen LogP contribution in [0.3, 0.4) is 0 Å². The second-order valence-electron chi connectivity index (χ2n) is 25.1. The van der Waals surface area contributed by atoms with Gasteiger partial charge in [-0.1, -0.05) is 310 Å². The Morgan fingerprint density at radius 2 is 0.819 bits per heavy atom. The maximum absolute atomic E-state index is 14.8. The van der Waals surface area contributed by atoms with Crippen molar-refractivity contribution in [2.45, 2.75) is 224 Å². The SMILES string of the molecule is CCCCCCCCCCCCCC[C@@H](OCc1ccccc1)[C@@H](OCc1ccccc1)[C@H](CO[C@H]1O[C@H](COCc2ccccc2)[C@H](OCc2ccccc2)[C@H](OCc2ccccc2)[C@H]1OCc1ccccc1)NC(=O)CCCCCCCCNC(=O)c1ccccc1. The second kappa shape index (κ2) is 44.8. The molecule has 2 N–H and O–H groups in total. The Morgan fingerprint density at radius 3 is 1.32 bits per heavy atom. The van der Waals surface area contributed by atoms with Crippen molar-refractivity contribution in [2.24, 2.45) is 0 Å². The van der Waals surface area contributed by atoms with E-state index in [2.05, 4.69) is 78.2 Å². The Bertz CT molecular complexity index is 3020. The fourth-order valence-electron chi connectivity index (χ4n) is 12.1. The van der Waals surface area contributed by atoms with E-state index in [9.17, 15) is 9.59 Å². The molecule has 8 rings (SSSR count). The zero-order valence-electron chi connectivity index (χ0n) is 55.9. The summed E-state index contributed by atoms with van der Waals surface area (Å²) in [5, 5.41) is 6.57. The number of unbranched alkanes of at least 4 members (excludes halogenated alkanes) is 16. The van der Waals surface area contributed by atoms with Crippen LogP contribution < -0.4 is 10.6 Å². The van der Waals surface area contributed by atoms with Crippen LogP contribution in [0.15, 0.2) is 212 Å². The van der Waals surface area contributed by atoms with E-state index in [4.69, 9.17) is 37.9 Å². The zero-order chi connectivity index (χ0) is 65.1. The van der Waals surface area contributed by atoms with Gasteiger partial charge in [-0.25, -0.2) is 0 Å². The highest BCUT2D eigenvalue weighted by atomic mass is 16.7. The Morgan fingerprint density at radius 1 is 0.415 bits per heavy atom. The second-order valence-corrected chi connectivity index (χ2v) is 25.1. The van der Waals surface area contributed by atoms with Crippen LogP contribution in [0, 0.1) is 0 Å². The van der Waals surface area contributed by atoms with Crippen molar-refractivity contribution in [3.63, 3.8) is 0 Å². The first-order valence-electron chi connectivity index (χ1n) is 35.3. The van der Waals surface area contributed by atoms with Crippen LogP contribution in [0.1, 0.15) is 179 Å². The van der Waals surface area contributed by atoms with Gasteiger partial charge in [0, 0.05) is 18.5 Å². The Labute approximate surface area is 562 Å². The lowest BCUT2D eigenvalue weighted by molar-refractivity contribution is -0.330. The molecule has 0 radical (unpaired) electrons. The highest BCUT2D eigenvalue weighted by molar-refractivity contribution is 5.94. The number of benzene rings is 7. The third kappa shape index (κ3) is 27.9. The summed E-state index contributed by atoms with van der Waals surface area (Å²) in [7, 11) is 0. The summed E-state index contributed by atoms with van der Waals surface area (Å²) < 4.78 is 56.8. The first-order chi connectivity index (χ1) is 46.5. The molecule has 12 nitrogen and oxygen atoms in total. The van der Waals surface area contributed by atoms with E-state index in [0.717, 1.165) is 84.7 Å². The molecule has 8 atom stereocenters. The van der Waals surface area contributed by atoms with Crippen molar-refractivity contribution in [1.82, 2.24) is 10.6 Å². The largest absolute Gasteiger partial charge is 0.374 e. The lowest BCUT2D eigenvalue weighted by Gasteiger charge is -2.46. The van der Waals surface area contributed by atoms with Crippen LogP contribution in [0.5, 0.6) is 0 Å². The molecule has 0 aromatic heterocycles. The van der Waals surface area contributed by atoms with E-state index in [1.54, 1.807) is 0 Å². The van der Waals surface area contributed by atoms with Crippen molar-refractivity contribution in [3.8, 4) is 0 Å². The number of carbonyl (C=O) groups is 2. The molecule has 0 saturated carbocycles. The van der Waals surface area contributed by atoms with Crippen LogP contribution in [-0.4, -0.2) is 80.5 Å². The number of nitrogens with one attached hydrogen (secondary N) is 2. The molecule has 0 aliphatic carbocycles. The molecule has 504 valence electrons. The highest BCUT2D eigenvalue weighted by Gasteiger charge is 2.50. The number of amides is 2. The summed E-state index contributed by atoms with van der Waals surface area (Å²) in [6.45, 7) is 4.86. The van der Waals surface area contributed by atoms with Crippen LogP contribution >= 0.6 is 0 Å². The van der Waals surface area contributed by atoms with Crippen molar-refractivity contribution in [2.75, 3.05) is 19.8 Å². The summed E-state index contributed by atoms with van der Waals surface area (Å²) in [5.41, 5.74) is 6.73. The van der Waals surface area contributed by atoms with Crippen LogP contribution in [0.25, 0.3) is 0 Å². The summed E-state index contributed by atoms with van der Waals surface area (Å²) >= 11 is 0. The number of ether oxygens (including phenoxy) is 8. The van der Waals surface area contributed by atoms with Gasteiger partial charge < -0.3 is 48.5 Å². The van der Waals surface area contributed by atoms with Gasteiger partial charge in [-0.15, -0.1) is 0 Å². The van der Waals surface area contributed by atoms with E-state index in [1.165, 1.54) is 57.8 Å². The predicted molar refractivity (Wildman–Crippen MR) is 375 cm³/mol. The van der Waals surface area contributed by atoms with Gasteiger partial charge in [0.05, 0.1) is 65.0 Å². The molecular weight excluding hydrogens is 1170 g/mol. The fourth-order valence-corrected chi connectivity index (χ4v) is 12.1. The van der Waals surface area contributed by atoms with Crippen LogP contribution in [0.2, 0.25) is 0 Å². The average molecular weight is 1280 g/mol. The van der Waals surface area contributed by atoms with Gasteiger partial charge in [0.25, 0.3) is 5.91 Å². The highest BCUT2D eigenvalue weighted by Crippen LogP contribution is 2.33. The molecule has 7 aromatic carbocycles. The lowest BCUT2D eigenvalue weighted by Crippen LogP contribution is -2.62. The minimum atomic E-state index is -1.03. The molecule has 0 bridgehead atoms. The summed E-state index contributed by atoms with van der Waals surface area (Å²) in [6, 6.07) is 69.6. The fraction of sp³-hybridized carbons (Fsp3) is 0.463. The van der Waals surface area contributed by atoms with E-state index in [0.29, 0.717) is 51.2 Å². The third-order valence-electron chi connectivity index (χ3n) is 17.5. The summed E-state index contributed by atoms with van der Waals surface area (Å²) in [5.74, 6) is -0.142. The molecule has 1 fully saturated rings. The van der Waals surface area contributed by atoms with Gasteiger partial charge in [-0.2, -0.15) is 0 Å². The average Bonchev–Trinajstić information content (AvgIpc) is 0.798. The number of hydrogen-bond donors (Lipinski definition) is 2. The van der Waals surface area contributed by atoms with Crippen molar-refractivity contribution in [1.29, 1.82) is 0 Å². The van der Waals surface area contributed by atoms with Crippen molar-refractivity contribution >= 4 is 11.8 Å². The van der Waals surface area contributed by atoms with Gasteiger partial charge in [0.2, 0.25) is 5.91 Å². The minimum Gasteiger partial charge on any atom is -0.374 e. The van der Waals surface area contributed by atoms with Gasteiger partial charge in [0.1, 0.15) is 30.5 Å². The van der Waals surface area contributed by atoms with E-state index in [-0.39, 0.29) is 44.8 Å². The van der Waals surface area contributed by atoms with Crippen LogP contribution in [0.4, 0.5) is 0 Å². The lowest BCUT2D eigenvalue weighted by atomic mass is 9.97. The number of hydrogen-bond acceptors (Lipinski definition) is 10. The molecule has 0 spiro atoms. The number of rotatable bonds is 48. The Hall–Kier alpha value is -6.84. The summed E-state index contributed by atoms with van der Waals surface area (Å²) in [4.78, 5) is 27.4.